The molecule has 1 aromatic heterocycles. The Kier molecular flexibility index (Phi) is 3.08. The van der Waals surface area contributed by atoms with Crippen molar-refractivity contribution in [3.63, 3.8) is 0 Å². The van der Waals surface area contributed by atoms with Crippen molar-refractivity contribution in [1.82, 2.24) is 15.1 Å². The van der Waals surface area contributed by atoms with E-state index in [9.17, 15) is 0 Å². The second-order valence-corrected chi connectivity index (χ2v) is 4.29. The van der Waals surface area contributed by atoms with E-state index in [4.69, 9.17) is 0 Å². The van der Waals surface area contributed by atoms with E-state index >= 15 is 0 Å². The van der Waals surface area contributed by atoms with Gasteiger partial charge in [-0.15, -0.1) is 0 Å². The Bertz CT molecular complexity index is 302. The molecule has 4 nitrogen and oxygen atoms in total. The lowest BCUT2D eigenvalue weighted by atomic mass is 10.3. The monoisotopic (exact) mass is 258 g/mol. The van der Waals surface area contributed by atoms with E-state index in [1.165, 1.54) is 12.1 Å². The third-order valence-electron chi connectivity index (χ3n) is 2.53. The highest BCUT2D eigenvalue weighted by molar-refractivity contribution is 9.10. The molecule has 0 saturated carbocycles. The first-order valence-corrected chi connectivity index (χ1v) is 5.71. The minimum absolute atomic E-state index is 1.06. The molecule has 0 bridgehead atoms. The summed E-state index contributed by atoms with van der Waals surface area (Å²) in [6.45, 7) is 4.34. The number of aryl methyl sites for hydroxylation is 1. The molecule has 0 amide bonds. The summed E-state index contributed by atoms with van der Waals surface area (Å²) >= 11 is 3.55. The van der Waals surface area contributed by atoms with Crippen LogP contribution in [0.2, 0.25) is 0 Å². The van der Waals surface area contributed by atoms with Crippen LogP contribution in [0.15, 0.2) is 10.8 Å². The smallest absolute Gasteiger partial charge is 0.127 e. The summed E-state index contributed by atoms with van der Waals surface area (Å²) < 4.78 is 2.92. The molecule has 1 aliphatic rings. The van der Waals surface area contributed by atoms with Crippen molar-refractivity contribution < 1.29 is 0 Å². The molecule has 2 heterocycles. The van der Waals surface area contributed by atoms with E-state index in [1.807, 2.05) is 17.9 Å². The summed E-state index contributed by atoms with van der Waals surface area (Å²) in [5.41, 5.74) is 1.20. The van der Waals surface area contributed by atoms with Crippen LogP contribution in [0.1, 0.15) is 6.42 Å². The molecule has 0 radical (unpaired) electrons. The fourth-order valence-electron chi connectivity index (χ4n) is 1.71. The van der Waals surface area contributed by atoms with Crippen molar-refractivity contribution in [3.05, 3.63) is 10.8 Å². The summed E-state index contributed by atoms with van der Waals surface area (Å²) in [5, 5.41) is 7.62. The first-order valence-electron chi connectivity index (χ1n) is 4.92. The van der Waals surface area contributed by atoms with Gasteiger partial charge >= 0.3 is 0 Å². The third-order valence-corrected chi connectivity index (χ3v) is 3.45. The zero-order valence-electron chi connectivity index (χ0n) is 8.33. The van der Waals surface area contributed by atoms with Gasteiger partial charge in [-0.3, -0.25) is 4.68 Å². The van der Waals surface area contributed by atoms with Gasteiger partial charge in [0, 0.05) is 26.7 Å². The molecule has 0 atom stereocenters. The highest BCUT2D eigenvalue weighted by Crippen LogP contribution is 2.25. The summed E-state index contributed by atoms with van der Waals surface area (Å²) in [5.74, 6) is 0. The molecule has 0 aromatic carbocycles. The summed E-state index contributed by atoms with van der Waals surface area (Å²) in [6.07, 6.45) is 3.12. The highest BCUT2D eigenvalue weighted by Gasteiger charge is 2.14. The van der Waals surface area contributed by atoms with Gasteiger partial charge in [0.2, 0.25) is 0 Å². The topological polar surface area (TPSA) is 33.1 Å². The molecular weight excluding hydrogens is 244 g/mol. The minimum atomic E-state index is 1.06. The molecule has 0 spiro atoms. The zero-order chi connectivity index (χ0) is 9.97. The molecule has 1 saturated heterocycles. The molecule has 1 N–H and O–H groups in total. The van der Waals surface area contributed by atoms with Gasteiger partial charge < -0.3 is 10.2 Å². The van der Waals surface area contributed by atoms with Crippen LogP contribution in [0.25, 0.3) is 0 Å². The number of rotatable bonds is 1. The first kappa shape index (κ1) is 9.98. The van der Waals surface area contributed by atoms with Crippen LogP contribution in [0.5, 0.6) is 0 Å². The van der Waals surface area contributed by atoms with Gasteiger partial charge in [0.15, 0.2) is 0 Å². The van der Waals surface area contributed by atoms with Crippen molar-refractivity contribution in [2.75, 3.05) is 31.1 Å². The number of nitrogens with zero attached hydrogens (tertiary/aromatic N) is 3. The van der Waals surface area contributed by atoms with Crippen LogP contribution < -0.4 is 10.2 Å². The Labute approximate surface area is 92.4 Å². The molecule has 1 fully saturated rings. The largest absolute Gasteiger partial charge is 0.367 e. The number of anilines is 1. The van der Waals surface area contributed by atoms with Crippen molar-refractivity contribution >= 4 is 21.6 Å². The fraction of sp³-hybridized carbons (Fsp3) is 0.667. The maximum Gasteiger partial charge on any atom is 0.127 e. The van der Waals surface area contributed by atoms with Gasteiger partial charge in [-0.25, -0.2) is 0 Å². The van der Waals surface area contributed by atoms with E-state index in [0.717, 1.165) is 30.8 Å². The normalized spacial score (nSPS) is 18.3. The molecule has 14 heavy (non-hydrogen) atoms. The Morgan fingerprint density at radius 2 is 2.29 bits per heavy atom. The van der Waals surface area contributed by atoms with E-state index < -0.39 is 0 Å². The first-order chi connectivity index (χ1) is 6.79. The van der Waals surface area contributed by atoms with E-state index in [0.29, 0.717) is 0 Å². The Morgan fingerprint density at radius 3 is 3.00 bits per heavy atom. The van der Waals surface area contributed by atoms with Crippen molar-refractivity contribution in [2.45, 2.75) is 6.42 Å². The fourth-order valence-corrected chi connectivity index (χ4v) is 2.15. The predicted molar refractivity (Wildman–Crippen MR) is 60.6 cm³/mol. The average Bonchev–Trinajstić information content (AvgIpc) is 2.47. The Morgan fingerprint density at radius 1 is 1.43 bits per heavy atom. The second-order valence-electron chi connectivity index (χ2n) is 3.53. The highest BCUT2D eigenvalue weighted by atomic mass is 79.9. The van der Waals surface area contributed by atoms with Crippen molar-refractivity contribution in [1.29, 1.82) is 0 Å². The van der Waals surface area contributed by atoms with Crippen LogP contribution in [-0.4, -0.2) is 36.0 Å². The van der Waals surface area contributed by atoms with Crippen LogP contribution in [-0.2, 0) is 7.05 Å². The maximum atomic E-state index is 4.23. The van der Waals surface area contributed by atoms with Crippen molar-refractivity contribution in [2.24, 2.45) is 7.05 Å². The lowest BCUT2D eigenvalue weighted by Crippen LogP contribution is -2.27. The Hall–Kier alpha value is -0.550. The summed E-state index contributed by atoms with van der Waals surface area (Å²) in [6, 6.07) is 0. The van der Waals surface area contributed by atoms with Crippen molar-refractivity contribution in [3.8, 4) is 0 Å². The van der Waals surface area contributed by atoms with Gasteiger partial charge in [-0.05, 0) is 28.9 Å². The minimum Gasteiger partial charge on any atom is -0.367 e. The Balaban J connectivity index is 2.16. The number of hydrogen-bond donors (Lipinski definition) is 1. The quantitative estimate of drug-likeness (QED) is 0.816. The SMILES string of the molecule is Cn1ncc(N2CCCNCC2)c1Br. The van der Waals surface area contributed by atoms with Gasteiger partial charge in [-0.2, -0.15) is 5.10 Å². The standard InChI is InChI=1S/C9H15BrN4/c1-13-9(10)8(7-12-13)14-5-2-3-11-4-6-14/h7,11H,2-6H2,1H3. The van der Waals surface area contributed by atoms with E-state index in [1.54, 1.807) is 0 Å². The lowest BCUT2D eigenvalue weighted by Gasteiger charge is -2.20. The average molecular weight is 259 g/mol. The number of aromatic nitrogens is 2. The number of halogens is 1. The maximum absolute atomic E-state index is 4.23. The van der Waals surface area contributed by atoms with Gasteiger partial charge in [0.05, 0.1) is 11.9 Å². The predicted octanol–water partition coefficient (Wildman–Crippen LogP) is 0.982. The van der Waals surface area contributed by atoms with Gasteiger partial charge in [0.25, 0.3) is 0 Å². The van der Waals surface area contributed by atoms with Crippen LogP contribution >= 0.6 is 15.9 Å². The molecular formula is C9H15BrN4. The van der Waals surface area contributed by atoms with E-state index in [-0.39, 0.29) is 0 Å². The molecule has 2 rings (SSSR count). The molecule has 1 aliphatic heterocycles. The van der Waals surface area contributed by atoms with Crippen LogP contribution in [0, 0.1) is 0 Å². The lowest BCUT2D eigenvalue weighted by molar-refractivity contribution is 0.724. The summed E-state index contributed by atoms with van der Waals surface area (Å²) in [4.78, 5) is 2.37. The van der Waals surface area contributed by atoms with E-state index in [2.05, 4.69) is 31.2 Å². The molecule has 1 aromatic rings. The molecule has 5 heteroatoms. The molecule has 0 unspecified atom stereocenters. The van der Waals surface area contributed by atoms with Gasteiger partial charge in [-0.1, -0.05) is 0 Å². The van der Waals surface area contributed by atoms with Crippen LogP contribution in [0.3, 0.4) is 0 Å². The molecule has 78 valence electrons. The third kappa shape index (κ3) is 1.93. The molecule has 0 aliphatic carbocycles. The second kappa shape index (κ2) is 4.31. The van der Waals surface area contributed by atoms with Gasteiger partial charge in [0.1, 0.15) is 4.60 Å². The van der Waals surface area contributed by atoms with Crippen LogP contribution in [0.4, 0.5) is 5.69 Å². The number of nitrogens with one attached hydrogen (secondary N) is 1. The number of hydrogen-bond acceptors (Lipinski definition) is 3. The summed E-state index contributed by atoms with van der Waals surface area (Å²) in [7, 11) is 1.95. The zero-order valence-corrected chi connectivity index (χ0v) is 9.92.